The van der Waals surface area contributed by atoms with E-state index in [1.807, 2.05) is 12.1 Å². The summed E-state index contributed by atoms with van der Waals surface area (Å²) in [5.41, 5.74) is 11.3. The van der Waals surface area contributed by atoms with Crippen LogP contribution in [0.5, 0.6) is 0 Å². The number of carbonyl (C=O) groups is 1. The third-order valence-corrected chi connectivity index (χ3v) is 4.29. The van der Waals surface area contributed by atoms with Gasteiger partial charge in [0.25, 0.3) is 0 Å². The summed E-state index contributed by atoms with van der Waals surface area (Å²) in [5.74, 6) is 0.431. The Morgan fingerprint density at radius 3 is 2.33 bits per heavy atom. The molecule has 0 radical (unpaired) electrons. The Hall–Kier alpha value is -2.06. The fraction of sp³-hybridized carbons (Fsp3) is 0.471. The van der Waals surface area contributed by atoms with Gasteiger partial charge in [-0.1, -0.05) is 55.2 Å². The Morgan fingerprint density at radius 1 is 1.24 bits per heavy atom. The average Bonchev–Trinajstić information content (AvgIpc) is 2.53. The molecule has 2 rings (SSSR count). The highest BCUT2D eigenvalue weighted by Gasteiger charge is 2.25. The summed E-state index contributed by atoms with van der Waals surface area (Å²) in [5, 5.41) is 4.00. The van der Waals surface area contributed by atoms with Crippen LogP contribution in [0, 0.1) is 5.92 Å². The van der Waals surface area contributed by atoms with Crippen LogP contribution in [0.3, 0.4) is 0 Å². The molecule has 1 fully saturated rings. The predicted molar refractivity (Wildman–Crippen MR) is 85.0 cm³/mol. The Bertz CT molecular complexity index is 564. The summed E-state index contributed by atoms with van der Waals surface area (Å²) in [6, 6.07) is 7.20. The lowest BCUT2D eigenvalue weighted by Crippen LogP contribution is -2.22. The number of ketones is 1. The van der Waals surface area contributed by atoms with E-state index >= 15 is 0 Å². The number of hydrogen-bond donors (Lipinski definition) is 0. The maximum Gasteiger partial charge on any atom is 0.159 e. The molecule has 1 aromatic carbocycles. The zero-order valence-electron chi connectivity index (χ0n) is 12.5. The van der Waals surface area contributed by atoms with Crippen LogP contribution >= 0.6 is 0 Å². The summed E-state index contributed by atoms with van der Waals surface area (Å²) >= 11 is 0. The smallest absolute Gasteiger partial charge is 0.159 e. The van der Waals surface area contributed by atoms with E-state index in [1.165, 1.54) is 19.3 Å². The largest absolute Gasteiger partial charge is 0.295 e. The molecule has 0 amide bonds. The van der Waals surface area contributed by atoms with Crippen LogP contribution in [-0.4, -0.2) is 11.8 Å². The molecule has 1 unspecified atom stereocenters. The van der Waals surface area contributed by atoms with Crippen molar-refractivity contribution in [2.75, 3.05) is 0 Å². The zero-order chi connectivity index (χ0) is 15.2. The summed E-state index contributed by atoms with van der Waals surface area (Å²) in [4.78, 5) is 14.3. The first kappa shape index (κ1) is 15.3. The van der Waals surface area contributed by atoms with Gasteiger partial charge in [-0.3, -0.25) is 4.79 Å². The molecule has 1 aliphatic carbocycles. The molecule has 0 spiro atoms. The Morgan fingerprint density at radius 2 is 1.81 bits per heavy atom. The minimum atomic E-state index is -0.182. The lowest BCUT2D eigenvalue weighted by atomic mass is 9.80. The first-order valence-electron chi connectivity index (χ1n) is 7.48. The van der Waals surface area contributed by atoms with Crippen LogP contribution in [0.2, 0.25) is 0 Å². The zero-order valence-corrected chi connectivity index (χ0v) is 12.5. The lowest BCUT2D eigenvalue weighted by Gasteiger charge is -2.28. The number of rotatable bonds is 5. The highest BCUT2D eigenvalue weighted by atomic mass is 16.1. The standard InChI is InChI=1S/C17H21N3O/c1-12(14-8-10-15(11-9-14)13(2)21)17(19-20-18)16-6-4-3-5-7-16/h8-11,16-17H,1,3-7H2,2H3. The predicted octanol–water partition coefficient (Wildman–Crippen LogP) is 5.16. The molecule has 4 heteroatoms. The van der Waals surface area contributed by atoms with E-state index in [4.69, 9.17) is 5.53 Å². The van der Waals surface area contributed by atoms with Crippen LogP contribution in [-0.2, 0) is 0 Å². The van der Waals surface area contributed by atoms with E-state index in [-0.39, 0.29) is 11.8 Å². The van der Waals surface area contributed by atoms with Crippen LogP contribution in [0.1, 0.15) is 54.9 Å². The van der Waals surface area contributed by atoms with Crippen LogP contribution in [0.25, 0.3) is 16.0 Å². The van der Waals surface area contributed by atoms with Gasteiger partial charge in [0.1, 0.15) is 0 Å². The van der Waals surface area contributed by atoms with Crippen molar-refractivity contribution in [1.29, 1.82) is 0 Å². The average molecular weight is 283 g/mol. The second-order valence-electron chi connectivity index (χ2n) is 5.71. The molecule has 110 valence electrons. The van der Waals surface area contributed by atoms with Gasteiger partial charge in [0.05, 0.1) is 6.04 Å². The Kier molecular flexibility index (Phi) is 5.18. The molecule has 0 bridgehead atoms. The highest BCUT2D eigenvalue weighted by molar-refractivity contribution is 5.94. The minimum Gasteiger partial charge on any atom is -0.295 e. The molecule has 1 saturated carbocycles. The van der Waals surface area contributed by atoms with Crippen molar-refractivity contribution >= 4 is 11.4 Å². The maximum absolute atomic E-state index is 11.3. The van der Waals surface area contributed by atoms with Crippen molar-refractivity contribution < 1.29 is 4.79 Å². The van der Waals surface area contributed by atoms with Crippen molar-refractivity contribution in [3.8, 4) is 0 Å². The van der Waals surface area contributed by atoms with Gasteiger partial charge in [-0.2, -0.15) is 0 Å². The van der Waals surface area contributed by atoms with E-state index in [2.05, 4.69) is 16.6 Å². The number of nitrogens with zero attached hydrogens (tertiary/aromatic N) is 3. The van der Waals surface area contributed by atoms with E-state index in [0.29, 0.717) is 11.5 Å². The molecular weight excluding hydrogens is 262 g/mol. The molecule has 4 nitrogen and oxygen atoms in total. The topological polar surface area (TPSA) is 65.8 Å². The van der Waals surface area contributed by atoms with Gasteiger partial charge < -0.3 is 0 Å². The number of azide groups is 1. The van der Waals surface area contributed by atoms with Crippen molar-refractivity contribution in [2.24, 2.45) is 11.0 Å². The van der Waals surface area contributed by atoms with E-state index in [1.54, 1.807) is 19.1 Å². The number of carbonyl (C=O) groups excluding carboxylic acids is 1. The molecule has 0 aromatic heterocycles. The van der Waals surface area contributed by atoms with E-state index in [9.17, 15) is 4.79 Å². The fourth-order valence-electron chi connectivity index (χ4n) is 3.04. The second kappa shape index (κ2) is 7.09. The van der Waals surface area contributed by atoms with Crippen molar-refractivity contribution in [3.05, 3.63) is 52.4 Å². The first-order valence-corrected chi connectivity index (χ1v) is 7.48. The van der Waals surface area contributed by atoms with Gasteiger partial charge in [0.2, 0.25) is 0 Å². The van der Waals surface area contributed by atoms with Gasteiger partial charge in [-0.25, -0.2) is 0 Å². The molecule has 0 heterocycles. The van der Waals surface area contributed by atoms with Gasteiger partial charge in [0, 0.05) is 10.5 Å². The summed E-state index contributed by atoms with van der Waals surface area (Å²) < 4.78 is 0. The summed E-state index contributed by atoms with van der Waals surface area (Å²) in [7, 11) is 0. The third kappa shape index (κ3) is 3.73. The van der Waals surface area contributed by atoms with Crippen molar-refractivity contribution in [3.63, 3.8) is 0 Å². The minimum absolute atomic E-state index is 0.0473. The van der Waals surface area contributed by atoms with E-state index in [0.717, 1.165) is 24.0 Å². The monoisotopic (exact) mass is 283 g/mol. The SMILES string of the molecule is C=C(c1ccc(C(C)=O)cc1)C(N=[N+]=[N-])C1CCCCC1. The number of Topliss-reactive ketones (excluding diaryl/α,β-unsaturated/α-hetero) is 1. The molecule has 0 aliphatic heterocycles. The van der Waals surface area contributed by atoms with Crippen LogP contribution in [0.4, 0.5) is 0 Å². The van der Waals surface area contributed by atoms with Gasteiger partial charge in [-0.15, -0.1) is 0 Å². The first-order chi connectivity index (χ1) is 10.1. The summed E-state index contributed by atoms with van der Waals surface area (Å²) in [6.07, 6.45) is 5.83. The van der Waals surface area contributed by atoms with Gasteiger partial charge in [0.15, 0.2) is 5.78 Å². The second-order valence-corrected chi connectivity index (χ2v) is 5.71. The van der Waals surface area contributed by atoms with Crippen molar-refractivity contribution in [1.82, 2.24) is 0 Å². The Labute approximate surface area is 125 Å². The molecule has 21 heavy (non-hydrogen) atoms. The maximum atomic E-state index is 11.3. The van der Waals surface area contributed by atoms with Gasteiger partial charge in [-0.05, 0) is 42.4 Å². The molecule has 1 aromatic rings. The number of hydrogen-bond acceptors (Lipinski definition) is 2. The fourth-order valence-corrected chi connectivity index (χ4v) is 3.04. The van der Waals surface area contributed by atoms with Crippen molar-refractivity contribution in [2.45, 2.75) is 45.1 Å². The summed E-state index contributed by atoms with van der Waals surface area (Å²) in [6.45, 7) is 5.69. The van der Waals surface area contributed by atoms with E-state index < -0.39 is 0 Å². The quantitative estimate of drug-likeness (QED) is 0.318. The van der Waals surface area contributed by atoms with Crippen LogP contribution < -0.4 is 0 Å². The highest BCUT2D eigenvalue weighted by Crippen LogP contribution is 2.34. The van der Waals surface area contributed by atoms with Crippen LogP contribution in [0.15, 0.2) is 36.0 Å². The molecule has 1 aliphatic rings. The third-order valence-electron chi connectivity index (χ3n) is 4.29. The lowest BCUT2D eigenvalue weighted by molar-refractivity contribution is 0.101. The molecule has 0 N–H and O–H groups in total. The molecule has 1 atom stereocenters. The van der Waals surface area contributed by atoms with Gasteiger partial charge >= 0.3 is 0 Å². The Balaban J connectivity index is 2.21. The molecule has 0 saturated heterocycles. The normalized spacial score (nSPS) is 16.8. The number of benzene rings is 1. The molecular formula is C17H21N3O.